The Morgan fingerprint density at radius 1 is 1.32 bits per heavy atom. The molecule has 1 atom stereocenters. The Morgan fingerprint density at radius 3 is 2.77 bits per heavy atom. The van der Waals surface area contributed by atoms with Crippen LogP contribution in [0.4, 0.5) is 5.69 Å². The molecule has 0 aliphatic carbocycles. The van der Waals surface area contributed by atoms with E-state index in [1.54, 1.807) is 25.8 Å². The predicted octanol–water partition coefficient (Wildman–Crippen LogP) is 1.88. The van der Waals surface area contributed by atoms with Gasteiger partial charge in [-0.1, -0.05) is 0 Å². The molecule has 5 nitrogen and oxygen atoms in total. The van der Waals surface area contributed by atoms with Crippen molar-refractivity contribution >= 4 is 28.9 Å². The summed E-state index contributed by atoms with van der Waals surface area (Å²) in [5.74, 6) is 1.76. The van der Waals surface area contributed by atoms with Gasteiger partial charge in [0.15, 0.2) is 5.78 Å². The van der Waals surface area contributed by atoms with Crippen molar-refractivity contribution in [1.29, 1.82) is 0 Å². The maximum absolute atomic E-state index is 11.5. The number of methoxy groups -OCH3 is 1. The van der Waals surface area contributed by atoms with Gasteiger partial charge in [0.2, 0.25) is 0 Å². The minimum absolute atomic E-state index is 0.0918. The number of hydrogen-bond acceptors (Lipinski definition) is 6. The van der Waals surface area contributed by atoms with E-state index in [2.05, 4.69) is 10.6 Å². The number of hydrogen-bond donors (Lipinski definition) is 2. The number of rotatable bonds is 3. The lowest BCUT2D eigenvalue weighted by Crippen LogP contribution is -2.47. The van der Waals surface area contributed by atoms with Gasteiger partial charge < -0.3 is 15.4 Å². The Balaban J connectivity index is 1.85. The van der Waals surface area contributed by atoms with Crippen LogP contribution < -0.4 is 15.4 Å². The molecule has 0 radical (unpaired) electrons. The van der Waals surface area contributed by atoms with Crippen LogP contribution in [-0.4, -0.2) is 43.5 Å². The molecule has 6 heteroatoms. The number of benzene rings is 1. The summed E-state index contributed by atoms with van der Waals surface area (Å²) >= 11 is 1.72. The molecule has 2 aliphatic rings. The Kier molecular flexibility index (Phi) is 4.49. The van der Waals surface area contributed by atoms with Crippen LogP contribution in [0.5, 0.6) is 5.75 Å². The second-order valence-corrected chi connectivity index (χ2v) is 6.32. The molecule has 1 unspecified atom stereocenters. The average molecular weight is 317 g/mol. The third-order valence-corrected chi connectivity index (χ3v) is 4.97. The van der Waals surface area contributed by atoms with Gasteiger partial charge in [0.1, 0.15) is 5.75 Å². The predicted molar refractivity (Wildman–Crippen MR) is 90.0 cm³/mol. The number of Topliss-reactive ketones (excluding diaryl/α,β-unsaturated/α-hetero) is 1. The Hall–Kier alpha value is -1.79. The van der Waals surface area contributed by atoms with Crippen molar-refractivity contribution in [2.45, 2.75) is 13.0 Å². The van der Waals surface area contributed by atoms with Gasteiger partial charge in [0.05, 0.1) is 29.5 Å². The number of aliphatic imine (C=N–C) groups is 1. The molecule has 22 heavy (non-hydrogen) atoms. The SMILES string of the molecule is COc1ccc(/N=C2\CNCC3=C2SCC(C(C)=O)N3)cc1. The lowest BCUT2D eigenvalue weighted by Gasteiger charge is -2.31. The summed E-state index contributed by atoms with van der Waals surface area (Å²) in [6.45, 7) is 3.13. The number of ketones is 1. The van der Waals surface area contributed by atoms with Crippen LogP contribution in [0.2, 0.25) is 0 Å². The molecule has 1 aromatic rings. The monoisotopic (exact) mass is 317 g/mol. The number of carbonyl (C=O) groups is 1. The number of ether oxygens (including phenoxy) is 1. The van der Waals surface area contributed by atoms with Crippen LogP contribution in [0.3, 0.4) is 0 Å². The fourth-order valence-electron chi connectivity index (χ4n) is 2.47. The topological polar surface area (TPSA) is 62.7 Å². The number of thioether (sulfide) groups is 1. The van der Waals surface area contributed by atoms with Crippen molar-refractivity contribution in [1.82, 2.24) is 10.6 Å². The zero-order valence-electron chi connectivity index (χ0n) is 12.7. The number of nitrogens with one attached hydrogen (secondary N) is 2. The minimum Gasteiger partial charge on any atom is -0.497 e. The number of carbonyl (C=O) groups excluding carboxylic acids is 1. The van der Waals surface area contributed by atoms with E-state index in [9.17, 15) is 4.79 Å². The molecule has 3 rings (SSSR count). The lowest BCUT2D eigenvalue weighted by molar-refractivity contribution is -0.118. The summed E-state index contributed by atoms with van der Waals surface area (Å²) in [6.07, 6.45) is 0. The second kappa shape index (κ2) is 6.54. The van der Waals surface area contributed by atoms with Gasteiger partial charge in [0, 0.05) is 24.5 Å². The third kappa shape index (κ3) is 3.18. The molecule has 0 bridgehead atoms. The Morgan fingerprint density at radius 2 is 2.09 bits per heavy atom. The molecular formula is C16H19N3O2S. The zero-order chi connectivity index (χ0) is 15.5. The van der Waals surface area contributed by atoms with Gasteiger partial charge in [0.25, 0.3) is 0 Å². The maximum Gasteiger partial charge on any atom is 0.152 e. The van der Waals surface area contributed by atoms with E-state index in [0.29, 0.717) is 0 Å². The van der Waals surface area contributed by atoms with Crippen molar-refractivity contribution < 1.29 is 9.53 Å². The van der Waals surface area contributed by atoms with Gasteiger partial charge in [-0.2, -0.15) is 0 Å². The van der Waals surface area contributed by atoms with Gasteiger partial charge in [-0.25, -0.2) is 0 Å². The van der Waals surface area contributed by atoms with Crippen LogP contribution in [0.1, 0.15) is 6.92 Å². The standard InChI is InChI=1S/C16H19N3O2S/c1-10(20)15-9-22-16-13(7-17-8-14(16)19-15)18-11-3-5-12(21-2)6-4-11/h3-6,15,17,19H,7-9H2,1-2H3/b18-13+. The normalized spacial score (nSPS) is 23.0. The van der Waals surface area contributed by atoms with Crippen molar-refractivity contribution in [3.8, 4) is 5.75 Å². The first-order valence-electron chi connectivity index (χ1n) is 7.23. The molecule has 116 valence electrons. The molecule has 0 saturated carbocycles. The molecule has 0 saturated heterocycles. The number of nitrogens with zero attached hydrogens (tertiary/aromatic N) is 1. The molecule has 2 N–H and O–H groups in total. The van der Waals surface area contributed by atoms with E-state index in [0.717, 1.165) is 41.7 Å². The van der Waals surface area contributed by atoms with Crippen LogP contribution in [0.25, 0.3) is 0 Å². The molecule has 2 aliphatic heterocycles. The van der Waals surface area contributed by atoms with Crippen LogP contribution in [0, 0.1) is 0 Å². The molecular weight excluding hydrogens is 298 g/mol. The summed E-state index contributed by atoms with van der Waals surface area (Å²) in [4.78, 5) is 17.5. The van der Waals surface area contributed by atoms with Gasteiger partial charge in [-0.05, 0) is 31.2 Å². The average Bonchev–Trinajstić information content (AvgIpc) is 2.55. The van der Waals surface area contributed by atoms with Crippen molar-refractivity contribution in [3.05, 3.63) is 34.9 Å². The Bertz CT molecular complexity index is 637. The quantitative estimate of drug-likeness (QED) is 0.891. The zero-order valence-corrected chi connectivity index (χ0v) is 13.5. The van der Waals surface area contributed by atoms with Crippen LogP contribution in [-0.2, 0) is 4.79 Å². The highest BCUT2D eigenvalue weighted by atomic mass is 32.2. The van der Waals surface area contributed by atoms with E-state index < -0.39 is 0 Å². The summed E-state index contributed by atoms with van der Waals surface area (Å²) in [5.41, 5.74) is 3.00. The van der Waals surface area contributed by atoms with E-state index in [4.69, 9.17) is 9.73 Å². The lowest BCUT2D eigenvalue weighted by atomic mass is 10.1. The molecule has 1 aromatic carbocycles. The van der Waals surface area contributed by atoms with E-state index in [-0.39, 0.29) is 11.8 Å². The van der Waals surface area contributed by atoms with Crippen molar-refractivity contribution in [2.24, 2.45) is 4.99 Å². The van der Waals surface area contributed by atoms with Gasteiger partial charge in [-0.15, -0.1) is 11.8 Å². The highest BCUT2D eigenvalue weighted by Crippen LogP contribution is 2.30. The first-order valence-corrected chi connectivity index (χ1v) is 8.21. The van der Waals surface area contributed by atoms with Crippen molar-refractivity contribution in [3.63, 3.8) is 0 Å². The summed E-state index contributed by atoms with van der Waals surface area (Å²) in [6, 6.07) is 7.61. The van der Waals surface area contributed by atoms with Gasteiger partial charge in [-0.3, -0.25) is 9.79 Å². The minimum atomic E-state index is -0.0918. The second-order valence-electron chi connectivity index (χ2n) is 5.29. The molecule has 2 heterocycles. The summed E-state index contributed by atoms with van der Waals surface area (Å²) in [7, 11) is 1.65. The van der Waals surface area contributed by atoms with E-state index >= 15 is 0 Å². The van der Waals surface area contributed by atoms with Gasteiger partial charge >= 0.3 is 0 Å². The smallest absolute Gasteiger partial charge is 0.152 e. The van der Waals surface area contributed by atoms with E-state index in [1.165, 1.54) is 4.91 Å². The maximum atomic E-state index is 11.5. The van der Waals surface area contributed by atoms with E-state index in [1.807, 2.05) is 24.3 Å². The summed E-state index contributed by atoms with van der Waals surface area (Å²) < 4.78 is 5.16. The van der Waals surface area contributed by atoms with Crippen molar-refractivity contribution in [2.75, 3.05) is 26.0 Å². The fourth-order valence-corrected chi connectivity index (χ4v) is 3.71. The highest BCUT2D eigenvalue weighted by Gasteiger charge is 2.28. The molecule has 0 spiro atoms. The van der Waals surface area contributed by atoms with Crippen LogP contribution in [0.15, 0.2) is 39.9 Å². The summed E-state index contributed by atoms with van der Waals surface area (Å²) in [5, 5.41) is 6.67. The highest BCUT2D eigenvalue weighted by molar-refractivity contribution is 8.04. The fraction of sp³-hybridized carbons (Fsp3) is 0.375. The first-order chi connectivity index (χ1) is 10.7. The third-order valence-electron chi connectivity index (χ3n) is 3.70. The van der Waals surface area contributed by atoms with Crippen LogP contribution >= 0.6 is 11.8 Å². The Labute approximate surface area is 134 Å². The largest absolute Gasteiger partial charge is 0.497 e. The molecule has 0 fully saturated rings. The molecule has 0 amide bonds. The molecule has 0 aromatic heterocycles. The first kappa shape index (κ1) is 15.1.